The summed E-state index contributed by atoms with van der Waals surface area (Å²) in [6.07, 6.45) is 2.65. The molecule has 78 valence electrons. The van der Waals surface area contributed by atoms with Gasteiger partial charge in [0.1, 0.15) is 0 Å². The maximum Gasteiger partial charge on any atom is 0.0589 e. The lowest BCUT2D eigenvalue weighted by atomic mass is 9.90. The number of rotatable bonds is 5. The summed E-state index contributed by atoms with van der Waals surface area (Å²) in [5.41, 5.74) is 0. The smallest absolute Gasteiger partial charge is 0.0589 e. The fraction of sp³-hybridized carbons (Fsp3) is 1.00. The van der Waals surface area contributed by atoms with E-state index in [0.717, 1.165) is 5.92 Å². The maximum absolute atomic E-state index is 9.21. The van der Waals surface area contributed by atoms with Crippen LogP contribution in [0.2, 0.25) is 0 Å². The minimum absolute atomic E-state index is 0.316. The number of hydrogen-bond acceptors (Lipinski definition) is 2. The van der Waals surface area contributed by atoms with Crippen LogP contribution in [0.15, 0.2) is 0 Å². The molecule has 0 unspecified atom stereocenters. The molecule has 1 fully saturated rings. The van der Waals surface area contributed by atoms with Crippen molar-refractivity contribution in [2.24, 2.45) is 11.8 Å². The van der Waals surface area contributed by atoms with Crippen molar-refractivity contribution in [3.05, 3.63) is 0 Å². The van der Waals surface area contributed by atoms with E-state index in [-0.39, 0.29) is 0 Å². The molecule has 1 aliphatic rings. The van der Waals surface area contributed by atoms with E-state index in [1.165, 1.54) is 25.9 Å². The zero-order valence-electron chi connectivity index (χ0n) is 9.16. The van der Waals surface area contributed by atoms with Crippen LogP contribution in [0.25, 0.3) is 0 Å². The molecule has 2 heteroatoms. The maximum atomic E-state index is 9.21. The van der Waals surface area contributed by atoms with Gasteiger partial charge in [-0.2, -0.15) is 0 Å². The van der Waals surface area contributed by atoms with Gasteiger partial charge in [-0.1, -0.05) is 27.2 Å². The van der Waals surface area contributed by atoms with E-state index >= 15 is 0 Å². The predicted molar refractivity (Wildman–Crippen MR) is 55.7 cm³/mol. The molecular formula is C11H23NO. The van der Waals surface area contributed by atoms with Crippen LogP contribution in [-0.4, -0.2) is 35.7 Å². The first-order valence-corrected chi connectivity index (χ1v) is 5.54. The molecule has 1 atom stereocenters. The number of hydrogen-bond donors (Lipinski definition) is 1. The zero-order valence-corrected chi connectivity index (χ0v) is 9.16. The summed E-state index contributed by atoms with van der Waals surface area (Å²) in [7, 11) is 0. The lowest BCUT2D eigenvalue weighted by Gasteiger charge is -2.45. The van der Waals surface area contributed by atoms with Crippen LogP contribution in [0.5, 0.6) is 0 Å². The van der Waals surface area contributed by atoms with Crippen LogP contribution in [-0.2, 0) is 0 Å². The second-order valence-corrected chi connectivity index (χ2v) is 4.60. The van der Waals surface area contributed by atoms with Gasteiger partial charge in [0.15, 0.2) is 0 Å². The topological polar surface area (TPSA) is 23.5 Å². The van der Waals surface area contributed by atoms with Crippen molar-refractivity contribution in [2.45, 2.75) is 39.7 Å². The molecule has 1 N–H and O–H groups in total. The van der Waals surface area contributed by atoms with E-state index in [2.05, 4.69) is 25.7 Å². The van der Waals surface area contributed by atoms with Crippen LogP contribution in [0.1, 0.15) is 33.6 Å². The van der Waals surface area contributed by atoms with Crippen LogP contribution >= 0.6 is 0 Å². The van der Waals surface area contributed by atoms with Gasteiger partial charge in [0.05, 0.1) is 6.61 Å². The van der Waals surface area contributed by atoms with E-state index in [4.69, 9.17) is 0 Å². The van der Waals surface area contributed by atoms with Crippen LogP contribution in [0.3, 0.4) is 0 Å². The molecule has 1 aliphatic heterocycles. The van der Waals surface area contributed by atoms with E-state index < -0.39 is 0 Å². The quantitative estimate of drug-likeness (QED) is 0.705. The Morgan fingerprint density at radius 1 is 1.38 bits per heavy atom. The highest BCUT2D eigenvalue weighted by atomic mass is 16.3. The summed E-state index contributed by atoms with van der Waals surface area (Å²) in [5.74, 6) is 1.48. The number of aliphatic hydroxyl groups is 1. The Labute approximate surface area is 81.9 Å². The minimum Gasteiger partial charge on any atom is -0.395 e. The van der Waals surface area contributed by atoms with E-state index in [0.29, 0.717) is 18.6 Å². The molecule has 0 aromatic rings. The first kappa shape index (κ1) is 11.0. The lowest BCUT2D eigenvalue weighted by molar-refractivity contribution is 0.000381. The van der Waals surface area contributed by atoms with Crippen molar-refractivity contribution < 1.29 is 5.11 Å². The first-order valence-electron chi connectivity index (χ1n) is 5.54. The van der Waals surface area contributed by atoms with Crippen LogP contribution < -0.4 is 0 Å². The van der Waals surface area contributed by atoms with Gasteiger partial charge in [-0.05, 0) is 18.3 Å². The summed E-state index contributed by atoms with van der Waals surface area (Å²) in [6.45, 7) is 9.35. The monoisotopic (exact) mass is 185 g/mol. The van der Waals surface area contributed by atoms with Gasteiger partial charge in [-0.3, -0.25) is 4.90 Å². The normalized spacial score (nSPS) is 21.9. The zero-order chi connectivity index (χ0) is 9.84. The van der Waals surface area contributed by atoms with Gasteiger partial charge in [0.2, 0.25) is 0 Å². The molecule has 1 heterocycles. The highest BCUT2D eigenvalue weighted by Gasteiger charge is 2.32. The Morgan fingerprint density at radius 2 is 2.00 bits per heavy atom. The van der Waals surface area contributed by atoms with Gasteiger partial charge < -0.3 is 5.11 Å². The Hall–Kier alpha value is -0.0800. The van der Waals surface area contributed by atoms with Gasteiger partial charge >= 0.3 is 0 Å². The molecule has 1 saturated heterocycles. The largest absolute Gasteiger partial charge is 0.395 e. The summed E-state index contributed by atoms with van der Waals surface area (Å²) in [5, 5.41) is 9.21. The summed E-state index contributed by atoms with van der Waals surface area (Å²) < 4.78 is 0. The molecule has 0 radical (unpaired) electrons. The fourth-order valence-electron chi connectivity index (χ4n) is 2.22. The van der Waals surface area contributed by atoms with Gasteiger partial charge in [0.25, 0.3) is 0 Å². The third-order valence-corrected chi connectivity index (χ3v) is 3.11. The van der Waals surface area contributed by atoms with Crippen molar-refractivity contribution >= 4 is 0 Å². The highest BCUT2D eigenvalue weighted by molar-refractivity contribution is 4.86. The molecule has 13 heavy (non-hydrogen) atoms. The lowest BCUT2D eigenvalue weighted by Crippen LogP contribution is -2.55. The van der Waals surface area contributed by atoms with Gasteiger partial charge in [-0.15, -0.1) is 0 Å². The van der Waals surface area contributed by atoms with Crippen molar-refractivity contribution in [1.82, 2.24) is 4.90 Å². The summed E-state index contributed by atoms with van der Waals surface area (Å²) >= 11 is 0. The minimum atomic E-state index is 0.316. The Kier molecular flexibility index (Phi) is 4.20. The number of nitrogens with zero attached hydrogens (tertiary/aromatic N) is 1. The van der Waals surface area contributed by atoms with Gasteiger partial charge in [0, 0.05) is 19.1 Å². The Bertz CT molecular complexity index is 141. The third-order valence-electron chi connectivity index (χ3n) is 3.11. The second-order valence-electron chi connectivity index (χ2n) is 4.60. The van der Waals surface area contributed by atoms with E-state index in [1.807, 2.05) is 0 Å². The SMILES string of the molecule is CCCC1CN([C@@H](CO)C(C)C)C1. The average Bonchev–Trinajstić information content (AvgIpc) is 2.00. The standard InChI is InChI=1S/C11H23NO/c1-4-5-10-6-12(7-10)11(8-13)9(2)3/h9-11,13H,4-8H2,1-3H3/t11-/m0/s1. The Balaban J connectivity index is 2.24. The molecule has 0 bridgehead atoms. The molecule has 0 spiro atoms. The molecule has 0 aliphatic carbocycles. The fourth-order valence-corrected chi connectivity index (χ4v) is 2.22. The molecule has 0 saturated carbocycles. The number of likely N-dealkylation sites (tertiary alicyclic amines) is 1. The van der Waals surface area contributed by atoms with Crippen molar-refractivity contribution in [3.8, 4) is 0 Å². The molecule has 1 rings (SSSR count). The highest BCUT2D eigenvalue weighted by Crippen LogP contribution is 2.25. The third kappa shape index (κ3) is 2.68. The van der Waals surface area contributed by atoms with E-state index in [9.17, 15) is 5.11 Å². The summed E-state index contributed by atoms with van der Waals surface area (Å²) in [6, 6.07) is 0.396. The Morgan fingerprint density at radius 3 is 2.38 bits per heavy atom. The molecule has 0 aromatic heterocycles. The van der Waals surface area contributed by atoms with E-state index in [1.54, 1.807) is 0 Å². The van der Waals surface area contributed by atoms with Crippen LogP contribution in [0.4, 0.5) is 0 Å². The van der Waals surface area contributed by atoms with Crippen molar-refractivity contribution in [1.29, 1.82) is 0 Å². The molecule has 2 nitrogen and oxygen atoms in total. The predicted octanol–water partition coefficient (Wildman–Crippen LogP) is 1.74. The molecule has 0 amide bonds. The van der Waals surface area contributed by atoms with Crippen LogP contribution in [0, 0.1) is 11.8 Å². The first-order chi connectivity index (χ1) is 6.19. The van der Waals surface area contributed by atoms with Gasteiger partial charge in [-0.25, -0.2) is 0 Å². The average molecular weight is 185 g/mol. The second kappa shape index (κ2) is 4.97. The molecule has 0 aromatic carbocycles. The van der Waals surface area contributed by atoms with Crippen molar-refractivity contribution in [2.75, 3.05) is 19.7 Å². The van der Waals surface area contributed by atoms with Crippen molar-refractivity contribution in [3.63, 3.8) is 0 Å². The molecular weight excluding hydrogens is 162 g/mol. The summed E-state index contributed by atoms with van der Waals surface area (Å²) in [4.78, 5) is 2.42. The number of aliphatic hydroxyl groups excluding tert-OH is 1.